The van der Waals surface area contributed by atoms with E-state index in [0.29, 0.717) is 5.41 Å². The summed E-state index contributed by atoms with van der Waals surface area (Å²) in [6.45, 7) is 3.02. The number of rotatable bonds is 5. The highest BCUT2D eigenvalue weighted by Gasteiger charge is 2.41. The molecule has 0 spiro atoms. The average Bonchev–Trinajstić information content (AvgIpc) is 3.10. The Morgan fingerprint density at radius 2 is 2.22 bits per heavy atom. The minimum absolute atomic E-state index is 0.0303. The van der Waals surface area contributed by atoms with Crippen molar-refractivity contribution in [2.24, 2.45) is 5.41 Å². The fourth-order valence-corrected chi connectivity index (χ4v) is 3.17. The Kier molecular flexibility index (Phi) is 4.69. The molecule has 0 saturated heterocycles. The lowest BCUT2D eigenvalue weighted by molar-refractivity contribution is 0.0943. The number of hydrogen-bond acceptors (Lipinski definition) is 1. The summed E-state index contributed by atoms with van der Waals surface area (Å²) in [7, 11) is 0. The maximum absolute atomic E-state index is 12.2. The maximum Gasteiger partial charge on any atom is 0.252 e. The van der Waals surface area contributed by atoms with Gasteiger partial charge in [-0.1, -0.05) is 13.3 Å². The van der Waals surface area contributed by atoms with E-state index in [2.05, 4.69) is 50.8 Å². The van der Waals surface area contributed by atoms with Gasteiger partial charge in [-0.25, -0.2) is 0 Å². The molecule has 1 saturated carbocycles. The quantitative estimate of drug-likeness (QED) is 0.703. The molecule has 98 valence electrons. The summed E-state index contributed by atoms with van der Waals surface area (Å²) in [4.78, 5) is 12.2. The molecule has 1 aliphatic rings. The predicted molar refractivity (Wildman–Crippen MR) is 85.8 cm³/mol. The molecule has 0 radical (unpaired) electrons. The van der Waals surface area contributed by atoms with E-state index >= 15 is 0 Å². The van der Waals surface area contributed by atoms with Gasteiger partial charge in [0.2, 0.25) is 0 Å². The lowest BCUT2D eigenvalue weighted by atomic mass is 10.0. The van der Waals surface area contributed by atoms with Gasteiger partial charge in [0.15, 0.2) is 0 Å². The van der Waals surface area contributed by atoms with Crippen molar-refractivity contribution in [1.29, 1.82) is 0 Å². The van der Waals surface area contributed by atoms with E-state index in [0.717, 1.165) is 20.2 Å². The third-order valence-electron chi connectivity index (χ3n) is 3.53. The van der Waals surface area contributed by atoms with Crippen LogP contribution < -0.4 is 5.32 Å². The minimum Gasteiger partial charge on any atom is -0.351 e. The van der Waals surface area contributed by atoms with E-state index in [4.69, 9.17) is 0 Å². The topological polar surface area (TPSA) is 29.1 Å². The number of nitrogens with one attached hydrogen (secondary N) is 1. The minimum atomic E-state index is 0.0303. The van der Waals surface area contributed by atoms with Gasteiger partial charge in [-0.15, -0.1) is 0 Å². The van der Waals surface area contributed by atoms with Gasteiger partial charge >= 0.3 is 0 Å². The first-order valence-corrected chi connectivity index (χ1v) is 8.17. The molecule has 0 aromatic heterocycles. The summed E-state index contributed by atoms with van der Waals surface area (Å²) in [6.07, 6.45) is 4.94. The van der Waals surface area contributed by atoms with Crippen molar-refractivity contribution in [1.82, 2.24) is 5.32 Å². The van der Waals surface area contributed by atoms with Crippen LogP contribution in [-0.2, 0) is 0 Å². The highest BCUT2D eigenvalue weighted by atomic mass is 127. The summed E-state index contributed by atoms with van der Waals surface area (Å²) in [5, 5.41) is 3.08. The molecule has 1 N–H and O–H groups in total. The highest BCUT2D eigenvalue weighted by molar-refractivity contribution is 14.1. The van der Waals surface area contributed by atoms with Crippen LogP contribution in [0.1, 0.15) is 43.0 Å². The van der Waals surface area contributed by atoms with E-state index < -0.39 is 0 Å². The standard InChI is InChI=1S/C14H17BrINO/c1-2-5-14(6-7-14)9-17-13(18)11-8-10(16)3-4-12(11)15/h3-4,8H,2,5-7,9H2,1H3,(H,17,18). The van der Waals surface area contributed by atoms with Gasteiger partial charge in [0.05, 0.1) is 5.56 Å². The normalized spacial score (nSPS) is 16.4. The Balaban J connectivity index is 1.98. The Morgan fingerprint density at radius 3 is 2.83 bits per heavy atom. The van der Waals surface area contributed by atoms with Gasteiger partial charge in [-0.3, -0.25) is 4.79 Å². The Morgan fingerprint density at radius 1 is 1.50 bits per heavy atom. The van der Waals surface area contributed by atoms with E-state index in [1.807, 2.05) is 18.2 Å². The molecule has 2 rings (SSSR count). The molecule has 4 heteroatoms. The second-order valence-corrected chi connectivity index (χ2v) is 7.16. The molecule has 1 fully saturated rings. The molecular weight excluding hydrogens is 405 g/mol. The van der Waals surface area contributed by atoms with Crippen LogP contribution in [0.2, 0.25) is 0 Å². The molecule has 1 amide bonds. The molecule has 0 aliphatic heterocycles. The van der Waals surface area contributed by atoms with Crippen LogP contribution in [-0.4, -0.2) is 12.5 Å². The number of benzene rings is 1. The maximum atomic E-state index is 12.2. The van der Waals surface area contributed by atoms with Crippen LogP contribution in [0.4, 0.5) is 0 Å². The summed E-state index contributed by atoms with van der Waals surface area (Å²) < 4.78 is 1.94. The van der Waals surface area contributed by atoms with Crippen LogP contribution in [0.5, 0.6) is 0 Å². The molecule has 2 nitrogen and oxygen atoms in total. The van der Waals surface area contributed by atoms with Crippen molar-refractivity contribution in [2.75, 3.05) is 6.54 Å². The molecule has 1 aliphatic carbocycles. The van der Waals surface area contributed by atoms with Crippen LogP contribution in [0, 0.1) is 8.99 Å². The monoisotopic (exact) mass is 421 g/mol. The van der Waals surface area contributed by atoms with Crippen LogP contribution in [0.25, 0.3) is 0 Å². The number of amides is 1. The van der Waals surface area contributed by atoms with Crippen molar-refractivity contribution in [2.45, 2.75) is 32.6 Å². The van der Waals surface area contributed by atoms with Gasteiger partial charge in [0.25, 0.3) is 5.91 Å². The molecule has 0 bridgehead atoms. The van der Waals surface area contributed by atoms with Crippen LogP contribution in [0.3, 0.4) is 0 Å². The molecule has 0 unspecified atom stereocenters. The van der Waals surface area contributed by atoms with Crippen molar-refractivity contribution in [3.05, 3.63) is 31.8 Å². The molecule has 0 atom stereocenters. The first kappa shape index (κ1) is 14.3. The Bertz CT molecular complexity index is 457. The summed E-state index contributed by atoms with van der Waals surface area (Å²) >= 11 is 5.66. The van der Waals surface area contributed by atoms with Crippen LogP contribution >= 0.6 is 38.5 Å². The zero-order valence-corrected chi connectivity index (χ0v) is 14.2. The second-order valence-electron chi connectivity index (χ2n) is 5.06. The second kappa shape index (κ2) is 5.90. The van der Waals surface area contributed by atoms with E-state index in [9.17, 15) is 4.79 Å². The first-order valence-electron chi connectivity index (χ1n) is 6.29. The molecular formula is C14H17BrINO. The summed E-state index contributed by atoms with van der Waals surface area (Å²) in [5.41, 5.74) is 1.13. The number of carbonyl (C=O) groups is 1. The van der Waals surface area contributed by atoms with E-state index in [1.54, 1.807) is 0 Å². The third-order valence-corrected chi connectivity index (χ3v) is 4.90. The molecule has 0 heterocycles. The fraction of sp³-hybridized carbons (Fsp3) is 0.500. The Hall–Kier alpha value is -0.100. The largest absolute Gasteiger partial charge is 0.351 e. The average molecular weight is 422 g/mol. The van der Waals surface area contributed by atoms with E-state index in [-0.39, 0.29) is 5.91 Å². The van der Waals surface area contributed by atoms with Gasteiger partial charge in [-0.2, -0.15) is 0 Å². The SMILES string of the molecule is CCCC1(CNC(=O)c2cc(I)ccc2Br)CC1. The highest BCUT2D eigenvalue weighted by Crippen LogP contribution is 2.48. The number of halogens is 2. The fourth-order valence-electron chi connectivity index (χ4n) is 2.26. The van der Waals surface area contributed by atoms with Gasteiger partial charge < -0.3 is 5.32 Å². The predicted octanol–water partition coefficient (Wildman–Crippen LogP) is 4.36. The van der Waals surface area contributed by atoms with E-state index in [1.165, 1.54) is 25.7 Å². The van der Waals surface area contributed by atoms with Crippen molar-refractivity contribution in [3.8, 4) is 0 Å². The van der Waals surface area contributed by atoms with Crippen LogP contribution in [0.15, 0.2) is 22.7 Å². The zero-order valence-electron chi connectivity index (χ0n) is 10.4. The van der Waals surface area contributed by atoms with Crippen molar-refractivity contribution >= 4 is 44.4 Å². The molecule has 1 aromatic carbocycles. The van der Waals surface area contributed by atoms with Crippen molar-refractivity contribution < 1.29 is 4.79 Å². The van der Waals surface area contributed by atoms with Crippen molar-refractivity contribution in [3.63, 3.8) is 0 Å². The Labute approximate surface area is 130 Å². The molecule has 18 heavy (non-hydrogen) atoms. The molecule has 1 aromatic rings. The smallest absolute Gasteiger partial charge is 0.252 e. The first-order chi connectivity index (χ1) is 8.56. The lowest BCUT2D eigenvalue weighted by Crippen LogP contribution is -2.30. The van der Waals surface area contributed by atoms with Gasteiger partial charge in [0, 0.05) is 14.6 Å². The van der Waals surface area contributed by atoms with Gasteiger partial charge in [0.1, 0.15) is 0 Å². The zero-order chi connectivity index (χ0) is 13.2. The number of carbonyl (C=O) groups excluding carboxylic acids is 1. The third kappa shape index (κ3) is 3.47. The number of hydrogen-bond donors (Lipinski definition) is 1. The summed E-state index contributed by atoms with van der Waals surface area (Å²) in [5.74, 6) is 0.0303. The summed E-state index contributed by atoms with van der Waals surface area (Å²) in [6, 6.07) is 5.83. The lowest BCUT2D eigenvalue weighted by Gasteiger charge is -2.15. The van der Waals surface area contributed by atoms with Gasteiger partial charge in [-0.05, 0) is 81.4 Å².